The van der Waals surface area contributed by atoms with E-state index in [0.717, 1.165) is 27.3 Å². The fourth-order valence-corrected chi connectivity index (χ4v) is 5.38. The van der Waals surface area contributed by atoms with Gasteiger partial charge in [0.2, 0.25) is 21.8 Å². The van der Waals surface area contributed by atoms with E-state index in [1.807, 2.05) is 75.4 Å². The molecule has 3 aromatic rings. The van der Waals surface area contributed by atoms with E-state index in [9.17, 15) is 18.0 Å². The van der Waals surface area contributed by atoms with Gasteiger partial charge in [-0.2, -0.15) is 0 Å². The Morgan fingerprint density at radius 1 is 0.905 bits per heavy atom. The number of ether oxygens (including phenoxy) is 2. The van der Waals surface area contributed by atoms with Gasteiger partial charge in [0.05, 0.1) is 26.2 Å². The van der Waals surface area contributed by atoms with Crippen molar-refractivity contribution in [3.63, 3.8) is 0 Å². The Morgan fingerprint density at radius 2 is 1.55 bits per heavy atom. The molecule has 0 radical (unpaired) electrons. The fourth-order valence-electron chi connectivity index (χ4n) is 4.54. The van der Waals surface area contributed by atoms with Crippen molar-refractivity contribution in [2.45, 2.75) is 39.8 Å². The molecule has 0 bridgehead atoms. The lowest BCUT2D eigenvalue weighted by molar-refractivity contribution is -0.140. The van der Waals surface area contributed by atoms with Gasteiger partial charge in [0.1, 0.15) is 12.6 Å². The average molecular weight is 596 g/mol. The minimum absolute atomic E-state index is 0.127. The molecule has 3 aromatic carbocycles. The lowest BCUT2D eigenvalue weighted by Crippen LogP contribution is -2.53. The van der Waals surface area contributed by atoms with Gasteiger partial charge in [-0.1, -0.05) is 68.4 Å². The highest BCUT2D eigenvalue weighted by atomic mass is 32.2. The van der Waals surface area contributed by atoms with Crippen LogP contribution in [0, 0.1) is 12.8 Å². The van der Waals surface area contributed by atoms with Gasteiger partial charge < -0.3 is 19.7 Å². The van der Waals surface area contributed by atoms with Crippen LogP contribution in [0.15, 0.2) is 72.8 Å². The molecular formula is C32H41N3O6S. The Morgan fingerprint density at radius 3 is 2.14 bits per heavy atom. The number of rotatable bonds is 14. The van der Waals surface area contributed by atoms with E-state index >= 15 is 0 Å². The number of amides is 2. The van der Waals surface area contributed by atoms with Crippen molar-refractivity contribution >= 4 is 27.5 Å². The largest absolute Gasteiger partial charge is 0.493 e. The summed E-state index contributed by atoms with van der Waals surface area (Å²) in [5.41, 5.74) is 2.93. The van der Waals surface area contributed by atoms with Gasteiger partial charge in [0.25, 0.3) is 0 Å². The molecule has 0 aliphatic rings. The molecule has 10 heteroatoms. The van der Waals surface area contributed by atoms with Crippen molar-refractivity contribution in [3.8, 4) is 11.5 Å². The Bertz CT molecular complexity index is 1460. The highest BCUT2D eigenvalue weighted by molar-refractivity contribution is 7.92. The third-order valence-corrected chi connectivity index (χ3v) is 8.03. The maximum absolute atomic E-state index is 14.2. The number of carbonyl (C=O) groups excluding carboxylic acids is 2. The quantitative estimate of drug-likeness (QED) is 0.300. The number of hydrogen-bond acceptors (Lipinski definition) is 6. The first kappa shape index (κ1) is 32.5. The van der Waals surface area contributed by atoms with Gasteiger partial charge in [0.15, 0.2) is 11.5 Å². The summed E-state index contributed by atoms with van der Waals surface area (Å²) >= 11 is 0. The van der Waals surface area contributed by atoms with Gasteiger partial charge in [-0.05, 0) is 41.7 Å². The third-order valence-electron chi connectivity index (χ3n) is 6.89. The van der Waals surface area contributed by atoms with Crippen molar-refractivity contribution in [1.29, 1.82) is 0 Å². The molecule has 42 heavy (non-hydrogen) atoms. The normalized spacial score (nSPS) is 12.0. The molecule has 0 aliphatic carbocycles. The second kappa shape index (κ2) is 14.7. The lowest BCUT2D eigenvalue weighted by Gasteiger charge is -2.34. The molecule has 226 valence electrons. The number of hydrogen-bond donors (Lipinski definition) is 1. The third kappa shape index (κ3) is 8.72. The first-order valence-corrected chi connectivity index (χ1v) is 15.6. The van der Waals surface area contributed by atoms with Crippen LogP contribution in [0.5, 0.6) is 11.5 Å². The number of carbonyl (C=O) groups is 2. The number of nitrogens with zero attached hydrogens (tertiary/aromatic N) is 2. The van der Waals surface area contributed by atoms with E-state index in [0.29, 0.717) is 18.0 Å². The molecule has 0 saturated carbocycles. The van der Waals surface area contributed by atoms with Crippen LogP contribution in [-0.4, -0.2) is 64.7 Å². The molecule has 0 aliphatic heterocycles. The van der Waals surface area contributed by atoms with Crippen molar-refractivity contribution in [2.24, 2.45) is 5.92 Å². The monoisotopic (exact) mass is 595 g/mol. The highest BCUT2D eigenvalue weighted by Crippen LogP contribution is 2.32. The summed E-state index contributed by atoms with van der Waals surface area (Å²) < 4.78 is 37.8. The zero-order valence-electron chi connectivity index (χ0n) is 25.2. The molecule has 3 rings (SSSR count). The van der Waals surface area contributed by atoms with Crippen LogP contribution >= 0.6 is 0 Å². The molecule has 0 unspecified atom stereocenters. The van der Waals surface area contributed by atoms with E-state index in [1.54, 1.807) is 12.1 Å². The van der Waals surface area contributed by atoms with Crippen LogP contribution < -0.4 is 19.1 Å². The highest BCUT2D eigenvalue weighted by Gasteiger charge is 2.33. The van der Waals surface area contributed by atoms with Gasteiger partial charge >= 0.3 is 0 Å². The maximum atomic E-state index is 14.2. The van der Waals surface area contributed by atoms with Crippen molar-refractivity contribution in [3.05, 3.63) is 89.5 Å². The molecule has 0 saturated heterocycles. The maximum Gasteiger partial charge on any atom is 0.244 e. The predicted molar refractivity (Wildman–Crippen MR) is 165 cm³/mol. The van der Waals surface area contributed by atoms with Gasteiger partial charge in [-0.25, -0.2) is 8.42 Å². The van der Waals surface area contributed by atoms with Crippen molar-refractivity contribution in [2.75, 3.05) is 37.9 Å². The molecular weight excluding hydrogens is 554 g/mol. The van der Waals surface area contributed by atoms with Crippen molar-refractivity contribution < 1.29 is 27.5 Å². The molecule has 1 N–H and O–H groups in total. The first-order chi connectivity index (χ1) is 19.9. The summed E-state index contributed by atoms with van der Waals surface area (Å²) in [5, 5.41) is 2.99. The van der Waals surface area contributed by atoms with Gasteiger partial charge in [-0.3, -0.25) is 13.9 Å². The summed E-state index contributed by atoms with van der Waals surface area (Å²) in [5.74, 6) is 0.137. The SMILES string of the molecule is COc1ccc(N(CC(=O)N(Cc2ccccc2C)[C@@H](Cc2ccccc2)C(=O)NCC(C)C)S(C)(=O)=O)cc1OC. The molecule has 2 amide bonds. The van der Waals surface area contributed by atoms with E-state index in [2.05, 4.69) is 5.32 Å². The smallest absolute Gasteiger partial charge is 0.244 e. The number of nitrogens with one attached hydrogen (secondary N) is 1. The zero-order valence-corrected chi connectivity index (χ0v) is 26.0. The lowest BCUT2D eigenvalue weighted by atomic mass is 10.0. The molecule has 9 nitrogen and oxygen atoms in total. The number of sulfonamides is 1. The summed E-state index contributed by atoms with van der Waals surface area (Å²) in [6.45, 7) is 5.99. The van der Waals surface area contributed by atoms with E-state index < -0.39 is 28.5 Å². The first-order valence-electron chi connectivity index (χ1n) is 13.8. The van der Waals surface area contributed by atoms with Crippen LogP contribution in [0.2, 0.25) is 0 Å². The van der Waals surface area contributed by atoms with Gasteiger partial charge in [-0.15, -0.1) is 0 Å². The Hall–Kier alpha value is -4.05. The minimum atomic E-state index is -3.91. The summed E-state index contributed by atoms with van der Waals surface area (Å²) in [6, 6.07) is 20.9. The minimum Gasteiger partial charge on any atom is -0.493 e. The average Bonchev–Trinajstić information content (AvgIpc) is 2.96. The summed E-state index contributed by atoms with van der Waals surface area (Å²) in [4.78, 5) is 29.4. The number of anilines is 1. The Kier molecular flexibility index (Phi) is 11.4. The second-order valence-electron chi connectivity index (χ2n) is 10.6. The predicted octanol–water partition coefficient (Wildman–Crippen LogP) is 4.19. The number of methoxy groups -OCH3 is 2. The van der Waals surface area contributed by atoms with E-state index in [-0.39, 0.29) is 30.5 Å². The van der Waals surface area contributed by atoms with Crippen LogP contribution in [-0.2, 0) is 32.6 Å². The van der Waals surface area contributed by atoms with Crippen LogP contribution in [0.3, 0.4) is 0 Å². The van der Waals surface area contributed by atoms with Crippen LogP contribution in [0.25, 0.3) is 0 Å². The van der Waals surface area contributed by atoms with Crippen molar-refractivity contribution in [1.82, 2.24) is 10.2 Å². The summed E-state index contributed by atoms with van der Waals surface area (Å²) in [6.07, 6.45) is 1.30. The number of benzene rings is 3. The zero-order chi connectivity index (χ0) is 30.9. The standard InChI is InChI=1S/C32H41N3O6S/c1-23(2)20-33-32(37)28(18-25-13-8-7-9-14-25)34(21-26-15-11-10-12-24(26)3)31(36)22-35(42(6,38)39)27-16-17-29(40-4)30(19-27)41-5/h7-17,19,23,28H,18,20-22H2,1-6H3,(H,33,37)/t28-/m0/s1. The van der Waals surface area contributed by atoms with E-state index in [1.165, 1.54) is 25.2 Å². The van der Waals surface area contributed by atoms with Crippen LogP contribution in [0.4, 0.5) is 5.69 Å². The topological polar surface area (TPSA) is 105 Å². The molecule has 0 heterocycles. The molecule has 0 spiro atoms. The number of aryl methyl sites for hydroxylation is 1. The Labute approximate surface area is 249 Å². The molecule has 0 fully saturated rings. The molecule has 0 aromatic heterocycles. The van der Waals surface area contributed by atoms with Gasteiger partial charge in [0, 0.05) is 25.6 Å². The fraction of sp³-hybridized carbons (Fsp3) is 0.375. The van der Waals surface area contributed by atoms with E-state index in [4.69, 9.17) is 9.47 Å². The van der Waals surface area contributed by atoms with Crippen LogP contribution in [0.1, 0.15) is 30.5 Å². The summed E-state index contributed by atoms with van der Waals surface area (Å²) in [7, 11) is -0.977. The second-order valence-corrected chi connectivity index (χ2v) is 12.5. The molecule has 1 atom stereocenters. The Balaban J connectivity index is 2.08.